The zero-order valence-corrected chi connectivity index (χ0v) is 13.4. The van der Waals surface area contributed by atoms with E-state index >= 15 is 0 Å². The highest BCUT2D eigenvalue weighted by Crippen LogP contribution is 2.17. The molecule has 0 unspecified atom stereocenters. The molecule has 2 rings (SSSR count). The van der Waals surface area contributed by atoms with Gasteiger partial charge in [0.15, 0.2) is 5.16 Å². The number of allylic oxidation sites excluding steroid dienone is 1. The molecule has 1 amide bonds. The second kappa shape index (κ2) is 8.33. The molecule has 0 atom stereocenters. The molecule has 8 heteroatoms. The van der Waals surface area contributed by atoms with Gasteiger partial charge < -0.3 is 11.1 Å². The summed E-state index contributed by atoms with van der Waals surface area (Å²) in [5, 5.41) is 11.1. The van der Waals surface area contributed by atoms with Crippen LogP contribution in [0.1, 0.15) is 5.56 Å². The first-order valence-corrected chi connectivity index (χ1v) is 8.02. The highest BCUT2D eigenvalue weighted by atomic mass is 32.2. The molecule has 0 bridgehead atoms. The van der Waals surface area contributed by atoms with Gasteiger partial charge in [-0.2, -0.15) is 0 Å². The predicted octanol–water partition coefficient (Wildman–Crippen LogP) is 1.64. The van der Waals surface area contributed by atoms with Crippen LogP contribution in [-0.2, 0) is 17.8 Å². The maximum Gasteiger partial charge on any atom is 0.230 e. The van der Waals surface area contributed by atoms with E-state index in [1.165, 1.54) is 23.9 Å². The van der Waals surface area contributed by atoms with Crippen molar-refractivity contribution in [2.45, 2.75) is 18.1 Å². The smallest absolute Gasteiger partial charge is 0.230 e. The molecule has 0 radical (unpaired) electrons. The quantitative estimate of drug-likeness (QED) is 0.566. The summed E-state index contributed by atoms with van der Waals surface area (Å²) in [5.41, 5.74) is 6.66. The molecule has 0 saturated carbocycles. The number of rotatable bonds is 8. The number of aromatic nitrogens is 3. The average molecular weight is 335 g/mol. The molecule has 0 spiro atoms. The minimum atomic E-state index is -0.267. The van der Waals surface area contributed by atoms with Crippen molar-refractivity contribution in [1.82, 2.24) is 20.1 Å². The Morgan fingerprint density at radius 1 is 1.39 bits per heavy atom. The summed E-state index contributed by atoms with van der Waals surface area (Å²) < 4.78 is 14.5. The topological polar surface area (TPSA) is 85.8 Å². The number of anilines is 1. The lowest BCUT2D eigenvalue weighted by Gasteiger charge is -2.06. The third kappa shape index (κ3) is 5.10. The fourth-order valence-electron chi connectivity index (χ4n) is 1.89. The van der Waals surface area contributed by atoms with Gasteiger partial charge in [0.05, 0.1) is 5.75 Å². The third-order valence-corrected chi connectivity index (χ3v) is 4.01. The van der Waals surface area contributed by atoms with Crippen molar-refractivity contribution >= 4 is 23.6 Å². The molecule has 2 aromatic rings. The number of carbonyl (C=O) groups excluding carboxylic acids is 1. The van der Waals surface area contributed by atoms with Crippen LogP contribution in [0.3, 0.4) is 0 Å². The molecule has 0 aliphatic heterocycles. The van der Waals surface area contributed by atoms with Crippen LogP contribution in [0, 0.1) is 5.82 Å². The van der Waals surface area contributed by atoms with Crippen molar-refractivity contribution in [2.24, 2.45) is 0 Å². The molecular weight excluding hydrogens is 317 g/mol. The highest BCUT2D eigenvalue weighted by molar-refractivity contribution is 7.99. The van der Waals surface area contributed by atoms with Crippen molar-refractivity contribution in [3.8, 4) is 0 Å². The second-order valence-electron chi connectivity index (χ2n) is 4.76. The molecule has 1 heterocycles. The number of halogens is 1. The number of carbonyl (C=O) groups is 1. The van der Waals surface area contributed by atoms with Gasteiger partial charge in [0.1, 0.15) is 5.82 Å². The van der Waals surface area contributed by atoms with Gasteiger partial charge in [0.2, 0.25) is 11.9 Å². The zero-order chi connectivity index (χ0) is 16.7. The van der Waals surface area contributed by atoms with Crippen molar-refractivity contribution < 1.29 is 9.18 Å². The molecule has 0 aliphatic carbocycles. The number of benzene rings is 1. The number of hydrogen-bond acceptors (Lipinski definition) is 5. The summed E-state index contributed by atoms with van der Waals surface area (Å²) in [4.78, 5) is 11.8. The fraction of sp³-hybridized carbons (Fsp3) is 0.267. The van der Waals surface area contributed by atoms with Crippen molar-refractivity contribution in [3.63, 3.8) is 0 Å². The standard InChI is InChI=1S/C15H18FN5OS/c1-2-9-21-14(17)19-20-15(21)23-10-13(22)18-8-7-11-3-5-12(16)6-4-11/h2-6H,1,7-10H2,(H2,17,19)(H,18,22). The van der Waals surface area contributed by atoms with Crippen LogP contribution in [-0.4, -0.2) is 33.0 Å². The lowest BCUT2D eigenvalue weighted by atomic mass is 10.1. The van der Waals surface area contributed by atoms with Gasteiger partial charge in [-0.25, -0.2) is 4.39 Å². The monoisotopic (exact) mass is 335 g/mol. The van der Waals surface area contributed by atoms with E-state index in [1.807, 2.05) is 0 Å². The zero-order valence-electron chi connectivity index (χ0n) is 12.5. The van der Waals surface area contributed by atoms with Crippen LogP contribution in [0.15, 0.2) is 42.1 Å². The number of nitrogens with two attached hydrogens (primary N) is 1. The molecule has 0 aliphatic rings. The summed E-state index contributed by atoms with van der Waals surface area (Å²) in [6.07, 6.45) is 2.34. The second-order valence-corrected chi connectivity index (χ2v) is 5.70. The number of nitrogens with zero attached hydrogens (tertiary/aromatic N) is 3. The number of nitrogen functional groups attached to an aromatic ring is 1. The van der Waals surface area contributed by atoms with Crippen LogP contribution in [0.2, 0.25) is 0 Å². The van der Waals surface area contributed by atoms with E-state index in [-0.39, 0.29) is 17.5 Å². The molecule has 1 aromatic carbocycles. The van der Waals surface area contributed by atoms with E-state index in [4.69, 9.17) is 5.73 Å². The Morgan fingerprint density at radius 3 is 2.83 bits per heavy atom. The van der Waals surface area contributed by atoms with Crippen LogP contribution >= 0.6 is 11.8 Å². The van der Waals surface area contributed by atoms with Crippen molar-refractivity contribution in [1.29, 1.82) is 0 Å². The Labute approximate surface area is 138 Å². The molecule has 1 aromatic heterocycles. The molecular formula is C15H18FN5OS. The maximum atomic E-state index is 12.8. The van der Waals surface area contributed by atoms with Crippen LogP contribution in [0.5, 0.6) is 0 Å². The van der Waals surface area contributed by atoms with Gasteiger partial charge >= 0.3 is 0 Å². The van der Waals surface area contributed by atoms with E-state index in [2.05, 4.69) is 22.1 Å². The third-order valence-electron chi connectivity index (χ3n) is 3.04. The lowest BCUT2D eigenvalue weighted by molar-refractivity contribution is -0.118. The average Bonchev–Trinajstić information content (AvgIpc) is 2.88. The van der Waals surface area contributed by atoms with E-state index in [0.717, 1.165) is 5.56 Å². The number of nitrogens with one attached hydrogen (secondary N) is 1. The molecule has 122 valence electrons. The number of amides is 1. The van der Waals surface area contributed by atoms with Crippen LogP contribution in [0.25, 0.3) is 0 Å². The largest absolute Gasteiger partial charge is 0.368 e. The van der Waals surface area contributed by atoms with E-state index in [1.54, 1.807) is 22.8 Å². The van der Waals surface area contributed by atoms with Crippen molar-refractivity contribution in [2.75, 3.05) is 18.0 Å². The molecule has 23 heavy (non-hydrogen) atoms. The molecule has 0 fully saturated rings. The van der Waals surface area contributed by atoms with Gasteiger partial charge in [-0.1, -0.05) is 30.0 Å². The first-order chi connectivity index (χ1) is 11.1. The summed E-state index contributed by atoms with van der Waals surface area (Å²) in [5.74, 6) is 0.142. The minimum absolute atomic E-state index is 0.108. The minimum Gasteiger partial charge on any atom is -0.368 e. The van der Waals surface area contributed by atoms with E-state index in [0.29, 0.717) is 30.6 Å². The Kier molecular flexibility index (Phi) is 6.16. The lowest BCUT2D eigenvalue weighted by Crippen LogP contribution is -2.27. The SMILES string of the molecule is C=CCn1c(N)nnc1SCC(=O)NCCc1ccc(F)cc1. The Morgan fingerprint density at radius 2 is 2.13 bits per heavy atom. The summed E-state index contributed by atoms with van der Waals surface area (Å²) in [6.45, 7) is 4.63. The van der Waals surface area contributed by atoms with E-state index < -0.39 is 0 Å². The summed E-state index contributed by atoms with van der Waals surface area (Å²) in [7, 11) is 0. The Bertz CT molecular complexity index is 671. The summed E-state index contributed by atoms with van der Waals surface area (Å²) in [6, 6.07) is 6.22. The van der Waals surface area contributed by atoms with E-state index in [9.17, 15) is 9.18 Å². The highest BCUT2D eigenvalue weighted by Gasteiger charge is 2.11. The Balaban J connectivity index is 1.75. The van der Waals surface area contributed by atoms with Gasteiger partial charge in [-0.15, -0.1) is 16.8 Å². The Hall–Kier alpha value is -2.35. The normalized spacial score (nSPS) is 10.5. The maximum absolute atomic E-state index is 12.8. The predicted molar refractivity (Wildman–Crippen MR) is 88.5 cm³/mol. The van der Waals surface area contributed by atoms with Gasteiger partial charge in [-0.05, 0) is 24.1 Å². The molecule has 0 saturated heterocycles. The van der Waals surface area contributed by atoms with Crippen molar-refractivity contribution in [3.05, 3.63) is 48.3 Å². The first-order valence-electron chi connectivity index (χ1n) is 7.03. The van der Waals surface area contributed by atoms with Crippen LogP contribution in [0.4, 0.5) is 10.3 Å². The number of thioether (sulfide) groups is 1. The van der Waals surface area contributed by atoms with Gasteiger partial charge in [0, 0.05) is 13.1 Å². The van der Waals surface area contributed by atoms with Gasteiger partial charge in [0.25, 0.3) is 0 Å². The van der Waals surface area contributed by atoms with Crippen LogP contribution < -0.4 is 11.1 Å². The van der Waals surface area contributed by atoms with Gasteiger partial charge in [-0.3, -0.25) is 9.36 Å². The summed E-state index contributed by atoms with van der Waals surface area (Å²) >= 11 is 1.26. The molecule has 6 nitrogen and oxygen atoms in total. The first kappa shape index (κ1) is 17.0. The fourth-order valence-corrected chi connectivity index (χ4v) is 2.67. The number of hydrogen-bond donors (Lipinski definition) is 2. The molecule has 3 N–H and O–H groups in total.